The molecule has 0 bridgehead atoms. The third-order valence-corrected chi connectivity index (χ3v) is 16.8. The Morgan fingerprint density at radius 1 is 0.530 bits per heavy atom. The van der Waals surface area contributed by atoms with Crippen molar-refractivity contribution >= 4 is 168 Å². The van der Waals surface area contributed by atoms with Gasteiger partial charge in [0.15, 0.2) is 12.6 Å². The van der Waals surface area contributed by atoms with E-state index in [0.29, 0.717) is 53.8 Å². The van der Waals surface area contributed by atoms with Crippen LogP contribution in [0.15, 0.2) is 180 Å². The number of non-ortho nitro benzene ring substituents is 1. The number of thiophene rings is 5. The van der Waals surface area contributed by atoms with Gasteiger partial charge in [0.2, 0.25) is 0 Å². The van der Waals surface area contributed by atoms with Crippen molar-refractivity contribution in [1.82, 2.24) is 9.97 Å². The van der Waals surface area contributed by atoms with Crippen LogP contribution >= 0.6 is 72.6 Å². The van der Waals surface area contributed by atoms with Crippen LogP contribution in [-0.2, 0) is 0 Å². The molecule has 0 spiro atoms. The van der Waals surface area contributed by atoms with E-state index in [-0.39, 0.29) is 44.3 Å². The van der Waals surface area contributed by atoms with Crippen LogP contribution in [0.3, 0.4) is 0 Å². The molecule has 0 saturated heterocycles. The Morgan fingerprint density at radius 3 is 1.49 bits per heavy atom. The highest BCUT2D eigenvalue weighted by Crippen LogP contribution is 2.36. The van der Waals surface area contributed by atoms with E-state index in [0.717, 1.165) is 54.2 Å². The van der Waals surface area contributed by atoms with Crippen molar-refractivity contribution < 1.29 is 49.4 Å². The summed E-state index contributed by atoms with van der Waals surface area (Å²) in [7, 11) is -1.60. The number of carboxylic acid groups (broad SMARTS) is 1. The van der Waals surface area contributed by atoms with Crippen molar-refractivity contribution in [2.75, 3.05) is 5.73 Å². The molecule has 0 aliphatic heterocycles. The number of aldehydes is 2. The number of rotatable bonds is 9. The summed E-state index contributed by atoms with van der Waals surface area (Å²) in [5.41, 5.74) is 8.03. The fraction of sp³-hybridized carbons (Fsp3) is 0. The number of nitrogen functional groups attached to an aromatic ring is 1. The zero-order chi connectivity index (χ0) is 59.9. The lowest BCUT2D eigenvalue weighted by Gasteiger charge is -2.02. The number of H-pyrrole nitrogens is 2. The monoisotopic (exact) mass is 1270 g/mol. The number of phenolic OH excluding ortho intramolecular Hbond substituents is 1. The van der Waals surface area contributed by atoms with Crippen molar-refractivity contribution in [1.29, 1.82) is 0 Å². The fourth-order valence-corrected chi connectivity index (χ4v) is 12.2. The summed E-state index contributed by atoms with van der Waals surface area (Å²) in [6, 6.07) is 37.4. The summed E-state index contributed by atoms with van der Waals surface area (Å²) in [6.07, 6.45) is 1.56. The molecule has 418 valence electrons. The van der Waals surface area contributed by atoms with Gasteiger partial charge in [0.1, 0.15) is 20.3 Å². The van der Waals surface area contributed by atoms with Crippen molar-refractivity contribution in [2.45, 2.75) is 0 Å². The van der Waals surface area contributed by atoms with Crippen molar-refractivity contribution in [3.05, 3.63) is 237 Å². The smallest absolute Gasteiger partial charge is 0.492 e. The standard InChI is InChI=1S/C11H6N2O3S.C11H8N2OS.C11H7NO4S.C11H7NO3S.C6H7BO3.C5H3BrOS/c14-10-6-2-1-3-8(13(15)16)9(6)7-4-5-17-11(7)12-10;12-8-3-1-2-6-9(8)7-4-5-15-11(7)13-10(6)14;13-11(14)10-8(5-6-17-10)7-3-1-2-4-9(7)12(15)16;13-7-11-9(5-6-16-11)8-3-1-2-4-10(8)12(14)15;8-6-4-2-1-3-5(6)7(9)10;6-4-1-2-8-5(4)3-7/h1-5H,(H,12,14);1-5H,12H2,(H,13,14);1-6H,(H,13,14);1-7H;1-4,8-10H;1-3H. The van der Waals surface area contributed by atoms with Crippen LogP contribution in [-0.4, -0.2) is 70.7 Å². The van der Waals surface area contributed by atoms with E-state index in [9.17, 15) is 54.3 Å². The van der Waals surface area contributed by atoms with Gasteiger partial charge in [-0.2, -0.15) is 0 Å². The second kappa shape index (κ2) is 28.3. The zero-order valence-electron chi connectivity index (χ0n) is 42.0. The predicted octanol–water partition coefficient (Wildman–Crippen LogP) is 12.5. The largest absolute Gasteiger partial charge is 0.508 e. The Bertz CT molecular complexity index is 4470. The average Bonchev–Trinajstić information content (AvgIpc) is 4.48. The third kappa shape index (κ3) is 14.6. The van der Waals surface area contributed by atoms with Gasteiger partial charge in [-0.05, 0) is 110 Å². The lowest BCUT2D eigenvalue weighted by Crippen LogP contribution is -2.29. The highest BCUT2D eigenvalue weighted by Gasteiger charge is 2.22. The topological polar surface area (TPSA) is 353 Å². The summed E-state index contributed by atoms with van der Waals surface area (Å²) in [4.78, 5) is 95.1. The van der Waals surface area contributed by atoms with E-state index < -0.39 is 27.9 Å². The summed E-state index contributed by atoms with van der Waals surface area (Å²) in [5, 5.41) is 80.8. The number of phenols is 1. The second-order valence-electron chi connectivity index (χ2n) is 16.5. The highest BCUT2D eigenvalue weighted by molar-refractivity contribution is 9.10. The van der Waals surface area contributed by atoms with Gasteiger partial charge >= 0.3 is 13.1 Å². The van der Waals surface area contributed by atoms with Crippen molar-refractivity contribution in [3.63, 3.8) is 0 Å². The maximum Gasteiger partial charge on any atom is 0.492 e. The van der Waals surface area contributed by atoms with Crippen LogP contribution in [0.4, 0.5) is 22.7 Å². The average molecular weight is 1270 g/mol. The molecule has 0 radical (unpaired) electrons. The Kier molecular flexibility index (Phi) is 20.9. The minimum Gasteiger partial charge on any atom is -0.508 e. The predicted molar refractivity (Wildman–Crippen MR) is 331 cm³/mol. The maximum absolute atomic E-state index is 11.8. The molecule has 0 amide bonds. The second-order valence-corrected chi connectivity index (χ2v) is 22.0. The number of aromatic carboxylic acids is 1. The number of para-hydroxylation sites is 3. The van der Waals surface area contributed by atoms with E-state index in [1.807, 2.05) is 29.0 Å². The SMILES string of the molecule is Nc1cccc2c(=O)[nH]c3sccc3c12.O=C(O)c1sccc1-c1ccccc1[N+](=O)[O-].O=Cc1sccc1-c1ccccc1[N+](=O)[O-].O=Cc1sccc1Br.O=c1[nH]c2sccc2c2c([N+](=O)[O-])cccc12.OB(O)c1ccccc1O. The zero-order valence-corrected chi connectivity index (χ0v) is 47.7. The molecule has 7 heterocycles. The first-order chi connectivity index (χ1) is 39.9. The van der Waals surface area contributed by atoms with Crippen LogP contribution < -0.4 is 22.3 Å². The van der Waals surface area contributed by atoms with Gasteiger partial charge in [0, 0.05) is 66.5 Å². The van der Waals surface area contributed by atoms with Crippen LogP contribution in [0.2, 0.25) is 0 Å². The number of aromatic nitrogens is 2. The van der Waals surface area contributed by atoms with Gasteiger partial charge in [0.25, 0.3) is 28.2 Å². The van der Waals surface area contributed by atoms with Crippen LogP contribution in [0.25, 0.3) is 64.2 Å². The van der Waals surface area contributed by atoms with Crippen LogP contribution in [0.1, 0.15) is 29.0 Å². The number of nitrogens with two attached hydrogens (primary N) is 1. The van der Waals surface area contributed by atoms with E-state index in [1.165, 1.54) is 81.7 Å². The van der Waals surface area contributed by atoms with E-state index in [1.54, 1.807) is 101 Å². The molecule has 12 aromatic rings. The first-order valence-electron chi connectivity index (χ1n) is 23.4. The molecule has 5 aromatic carbocycles. The number of carbonyl (C=O) groups is 3. The minimum atomic E-state index is -1.60. The number of nitro benzene ring substituents is 3. The minimum absolute atomic E-state index is 0.0176. The van der Waals surface area contributed by atoms with Gasteiger partial charge in [-0.15, -0.1) is 56.7 Å². The number of fused-ring (bicyclic) bond motifs is 6. The molecule has 28 heteroatoms. The number of anilines is 1. The van der Waals surface area contributed by atoms with Gasteiger partial charge in [-0.25, -0.2) is 4.79 Å². The third-order valence-electron chi connectivity index (χ3n) is 11.6. The molecular formula is C55H38BBrN6O15S5. The van der Waals surface area contributed by atoms with Crippen LogP contribution in [0.5, 0.6) is 5.75 Å². The summed E-state index contributed by atoms with van der Waals surface area (Å²) in [6.45, 7) is 0. The normalized spacial score (nSPS) is 10.3. The molecule has 0 unspecified atom stereocenters. The van der Waals surface area contributed by atoms with E-state index in [2.05, 4.69) is 25.9 Å². The number of aromatic amines is 2. The quantitative estimate of drug-likeness (QED) is 0.0232. The number of nitro groups is 3. The first kappa shape index (κ1) is 61.2. The Morgan fingerprint density at radius 2 is 0.988 bits per heavy atom. The molecule has 0 atom stereocenters. The van der Waals surface area contributed by atoms with Crippen molar-refractivity contribution in [3.8, 4) is 28.0 Å². The van der Waals surface area contributed by atoms with Gasteiger partial charge in [0.05, 0.1) is 46.4 Å². The molecule has 8 N–H and O–H groups in total. The number of pyridine rings is 2. The number of aromatic hydroxyl groups is 1. The number of benzene rings is 5. The molecule has 83 heavy (non-hydrogen) atoms. The number of nitrogens with zero attached hydrogens (tertiary/aromatic N) is 3. The molecule has 12 rings (SSSR count). The number of carbonyl (C=O) groups excluding carboxylic acids is 2. The molecule has 0 fully saturated rings. The number of nitrogens with one attached hydrogen (secondary N) is 2. The number of hydrogen-bond acceptors (Lipinski definition) is 20. The molecular weight excluding hydrogens is 1240 g/mol. The van der Waals surface area contributed by atoms with Gasteiger partial charge < -0.3 is 36.0 Å². The summed E-state index contributed by atoms with van der Waals surface area (Å²) < 4.78 is 0.887. The van der Waals surface area contributed by atoms with E-state index >= 15 is 0 Å². The molecule has 21 nitrogen and oxygen atoms in total. The van der Waals surface area contributed by atoms with Gasteiger partial charge in [-0.3, -0.25) is 49.5 Å². The first-order valence-corrected chi connectivity index (χ1v) is 28.6. The fourth-order valence-electron chi connectivity index (χ4n) is 7.91. The highest BCUT2D eigenvalue weighted by atomic mass is 79.9. The van der Waals surface area contributed by atoms with Crippen LogP contribution in [0, 0.1) is 30.3 Å². The lowest BCUT2D eigenvalue weighted by atomic mass is 9.80. The molecule has 0 saturated carbocycles. The number of halogens is 1. The molecule has 0 aliphatic rings. The molecule has 7 aromatic heterocycles. The lowest BCUT2D eigenvalue weighted by molar-refractivity contribution is -0.384. The Balaban J connectivity index is 0.000000146. The van der Waals surface area contributed by atoms with Crippen molar-refractivity contribution in [2.24, 2.45) is 0 Å². The number of hydrogen-bond donors (Lipinski definition) is 7. The number of carboxylic acids is 1. The Hall–Kier alpha value is -9.39. The Labute approximate surface area is 494 Å². The maximum atomic E-state index is 11.8. The summed E-state index contributed by atoms with van der Waals surface area (Å²) >= 11 is 9.84. The molecule has 0 aliphatic carbocycles. The van der Waals surface area contributed by atoms with Gasteiger partial charge in [-0.1, -0.05) is 54.6 Å². The summed E-state index contributed by atoms with van der Waals surface area (Å²) in [5.74, 6) is -1.18. The van der Waals surface area contributed by atoms with E-state index in [4.69, 9.17) is 26.0 Å².